The van der Waals surface area contributed by atoms with Gasteiger partial charge < -0.3 is 14.8 Å². The lowest BCUT2D eigenvalue weighted by Gasteiger charge is -2.33. The monoisotopic (exact) mass is 257 g/mol. The molecule has 0 aromatic heterocycles. The number of carbonyl (C=O) groups is 1. The van der Waals surface area contributed by atoms with Crippen LogP contribution in [0.25, 0.3) is 0 Å². The number of hydrogen-bond donors (Lipinski definition) is 1. The van der Waals surface area contributed by atoms with E-state index in [2.05, 4.69) is 12.2 Å². The standard InChI is InChI=1S/C14H27NO3/c1-4-8-13(14(16)17-5-2)18-12-10-7-6-9-11(12)15-3/h11-13,15H,4-10H2,1-3H3. The van der Waals surface area contributed by atoms with Gasteiger partial charge in [0.1, 0.15) is 0 Å². The molecule has 106 valence electrons. The van der Waals surface area contributed by atoms with E-state index in [4.69, 9.17) is 9.47 Å². The fraction of sp³-hybridized carbons (Fsp3) is 0.929. The number of carbonyl (C=O) groups excluding carboxylic acids is 1. The predicted molar refractivity (Wildman–Crippen MR) is 71.5 cm³/mol. The first-order valence-corrected chi connectivity index (χ1v) is 7.22. The van der Waals surface area contributed by atoms with E-state index in [1.54, 1.807) is 0 Å². The van der Waals surface area contributed by atoms with Crippen molar-refractivity contribution in [3.63, 3.8) is 0 Å². The van der Waals surface area contributed by atoms with Gasteiger partial charge in [0.05, 0.1) is 12.7 Å². The predicted octanol–water partition coefficient (Wildman–Crippen LogP) is 2.27. The van der Waals surface area contributed by atoms with E-state index in [1.807, 2.05) is 14.0 Å². The first-order chi connectivity index (χ1) is 8.72. The van der Waals surface area contributed by atoms with Crippen molar-refractivity contribution in [3.8, 4) is 0 Å². The van der Waals surface area contributed by atoms with E-state index >= 15 is 0 Å². The van der Waals surface area contributed by atoms with Crippen molar-refractivity contribution in [2.45, 2.75) is 70.6 Å². The van der Waals surface area contributed by atoms with Crippen molar-refractivity contribution < 1.29 is 14.3 Å². The Morgan fingerprint density at radius 2 is 2.06 bits per heavy atom. The maximum absolute atomic E-state index is 11.8. The molecule has 3 atom stereocenters. The topological polar surface area (TPSA) is 47.6 Å². The van der Waals surface area contributed by atoms with Crippen molar-refractivity contribution in [1.82, 2.24) is 5.32 Å². The van der Waals surface area contributed by atoms with Gasteiger partial charge in [-0.05, 0) is 33.2 Å². The molecule has 1 fully saturated rings. The van der Waals surface area contributed by atoms with Crippen molar-refractivity contribution in [2.75, 3.05) is 13.7 Å². The Hall–Kier alpha value is -0.610. The molecule has 1 aliphatic carbocycles. The van der Waals surface area contributed by atoms with Crippen LogP contribution in [0.2, 0.25) is 0 Å². The molecule has 4 heteroatoms. The minimum absolute atomic E-state index is 0.143. The Bertz CT molecular complexity index is 245. The first-order valence-electron chi connectivity index (χ1n) is 7.22. The number of nitrogens with one attached hydrogen (secondary N) is 1. The van der Waals surface area contributed by atoms with Crippen LogP contribution in [0, 0.1) is 0 Å². The second-order valence-electron chi connectivity index (χ2n) is 4.88. The van der Waals surface area contributed by atoms with Crippen LogP contribution in [-0.2, 0) is 14.3 Å². The van der Waals surface area contributed by atoms with Crippen LogP contribution in [0.15, 0.2) is 0 Å². The third-order valence-electron chi connectivity index (χ3n) is 3.51. The van der Waals surface area contributed by atoms with Crippen LogP contribution >= 0.6 is 0 Å². The van der Waals surface area contributed by atoms with Crippen molar-refractivity contribution in [3.05, 3.63) is 0 Å². The van der Waals surface area contributed by atoms with E-state index in [0.717, 1.165) is 25.7 Å². The summed E-state index contributed by atoms with van der Waals surface area (Å²) in [7, 11) is 1.96. The molecule has 0 heterocycles. The number of esters is 1. The first kappa shape index (κ1) is 15.4. The summed E-state index contributed by atoms with van der Waals surface area (Å²) in [5.41, 5.74) is 0. The highest BCUT2D eigenvalue weighted by Crippen LogP contribution is 2.23. The maximum atomic E-state index is 11.8. The Balaban J connectivity index is 2.54. The van der Waals surface area contributed by atoms with E-state index in [0.29, 0.717) is 12.6 Å². The van der Waals surface area contributed by atoms with E-state index < -0.39 is 6.10 Å². The van der Waals surface area contributed by atoms with E-state index in [9.17, 15) is 4.79 Å². The summed E-state index contributed by atoms with van der Waals surface area (Å²) >= 11 is 0. The molecule has 0 amide bonds. The molecule has 0 spiro atoms. The Labute approximate surface area is 110 Å². The molecule has 0 aromatic carbocycles. The van der Waals surface area contributed by atoms with Crippen LogP contribution in [0.5, 0.6) is 0 Å². The second kappa shape index (κ2) is 8.48. The summed E-state index contributed by atoms with van der Waals surface area (Å²) in [6.07, 6.45) is 6.01. The average Bonchev–Trinajstić information content (AvgIpc) is 2.39. The Kier molecular flexibility index (Phi) is 7.28. The van der Waals surface area contributed by atoms with E-state index in [-0.39, 0.29) is 12.1 Å². The average molecular weight is 257 g/mol. The lowest BCUT2D eigenvalue weighted by molar-refractivity contribution is -0.163. The van der Waals surface area contributed by atoms with Gasteiger partial charge in [-0.3, -0.25) is 0 Å². The van der Waals surface area contributed by atoms with Gasteiger partial charge in [-0.1, -0.05) is 26.2 Å². The summed E-state index contributed by atoms with van der Waals surface area (Å²) in [6, 6.07) is 0.368. The molecule has 0 aromatic rings. The molecule has 1 N–H and O–H groups in total. The molecule has 0 bridgehead atoms. The number of rotatable bonds is 7. The molecule has 0 aliphatic heterocycles. The molecule has 0 saturated heterocycles. The number of likely N-dealkylation sites (N-methyl/N-ethyl adjacent to an activating group) is 1. The molecule has 3 unspecified atom stereocenters. The SMILES string of the molecule is CCCC(OC1CCCCC1NC)C(=O)OCC. The smallest absolute Gasteiger partial charge is 0.335 e. The minimum Gasteiger partial charge on any atom is -0.464 e. The van der Waals surface area contributed by atoms with Crippen molar-refractivity contribution in [1.29, 1.82) is 0 Å². The van der Waals surface area contributed by atoms with Gasteiger partial charge in [-0.15, -0.1) is 0 Å². The zero-order chi connectivity index (χ0) is 13.4. The molecule has 1 rings (SSSR count). The van der Waals surface area contributed by atoms with Crippen LogP contribution in [0.3, 0.4) is 0 Å². The summed E-state index contributed by atoms with van der Waals surface area (Å²) in [5.74, 6) is -0.209. The molecular weight excluding hydrogens is 230 g/mol. The normalized spacial score (nSPS) is 25.7. The summed E-state index contributed by atoms with van der Waals surface area (Å²) < 4.78 is 11.1. The quantitative estimate of drug-likeness (QED) is 0.711. The van der Waals surface area contributed by atoms with Gasteiger partial charge in [0.25, 0.3) is 0 Å². The van der Waals surface area contributed by atoms with Crippen LogP contribution in [0.1, 0.15) is 52.4 Å². The lowest BCUT2D eigenvalue weighted by atomic mass is 9.92. The van der Waals surface area contributed by atoms with Gasteiger partial charge in [0, 0.05) is 6.04 Å². The lowest BCUT2D eigenvalue weighted by Crippen LogP contribution is -2.45. The highest BCUT2D eigenvalue weighted by molar-refractivity contribution is 5.74. The molecular formula is C14H27NO3. The molecule has 0 radical (unpaired) electrons. The summed E-state index contributed by atoms with van der Waals surface area (Å²) in [5, 5.41) is 3.30. The van der Waals surface area contributed by atoms with Crippen LogP contribution in [-0.4, -0.2) is 37.9 Å². The van der Waals surface area contributed by atoms with Crippen LogP contribution < -0.4 is 5.32 Å². The fourth-order valence-electron chi connectivity index (χ4n) is 2.54. The third-order valence-corrected chi connectivity index (χ3v) is 3.51. The highest BCUT2D eigenvalue weighted by Gasteiger charge is 2.30. The van der Waals surface area contributed by atoms with Gasteiger partial charge in [-0.25, -0.2) is 4.79 Å². The van der Waals surface area contributed by atoms with Gasteiger partial charge in [0.2, 0.25) is 0 Å². The number of hydrogen-bond acceptors (Lipinski definition) is 4. The third kappa shape index (κ3) is 4.58. The number of ether oxygens (including phenoxy) is 2. The maximum Gasteiger partial charge on any atom is 0.335 e. The highest BCUT2D eigenvalue weighted by atomic mass is 16.6. The zero-order valence-corrected chi connectivity index (χ0v) is 11.9. The summed E-state index contributed by atoms with van der Waals surface area (Å²) in [6.45, 7) is 4.31. The molecule has 1 aliphatic rings. The largest absolute Gasteiger partial charge is 0.464 e. The van der Waals surface area contributed by atoms with Crippen LogP contribution in [0.4, 0.5) is 0 Å². The zero-order valence-electron chi connectivity index (χ0n) is 11.9. The summed E-state index contributed by atoms with van der Waals surface area (Å²) in [4.78, 5) is 11.8. The van der Waals surface area contributed by atoms with Crippen molar-refractivity contribution >= 4 is 5.97 Å². The molecule has 18 heavy (non-hydrogen) atoms. The minimum atomic E-state index is -0.395. The van der Waals surface area contributed by atoms with Gasteiger partial charge in [-0.2, -0.15) is 0 Å². The fourth-order valence-corrected chi connectivity index (χ4v) is 2.54. The van der Waals surface area contributed by atoms with Gasteiger partial charge >= 0.3 is 5.97 Å². The Morgan fingerprint density at radius 1 is 1.33 bits per heavy atom. The van der Waals surface area contributed by atoms with E-state index in [1.165, 1.54) is 12.8 Å². The molecule has 1 saturated carbocycles. The Morgan fingerprint density at radius 3 is 2.67 bits per heavy atom. The molecule has 4 nitrogen and oxygen atoms in total. The second-order valence-corrected chi connectivity index (χ2v) is 4.88. The van der Waals surface area contributed by atoms with Gasteiger partial charge in [0.15, 0.2) is 6.10 Å². The van der Waals surface area contributed by atoms with Crippen molar-refractivity contribution in [2.24, 2.45) is 0 Å².